The maximum absolute atomic E-state index is 4.32. The molecule has 0 unspecified atom stereocenters. The molecule has 1 radical (unpaired) electrons. The van der Waals surface area contributed by atoms with Crippen LogP contribution in [-0.2, 0) is 0 Å². The number of nitrogens with zero attached hydrogens (tertiary/aromatic N) is 1. The van der Waals surface area contributed by atoms with Gasteiger partial charge in [-0.3, -0.25) is 4.98 Å². The minimum absolute atomic E-state index is 1.02. The van der Waals surface area contributed by atoms with E-state index in [-0.39, 0.29) is 0 Å². The van der Waals surface area contributed by atoms with Gasteiger partial charge in [-0.15, -0.1) is 0 Å². The van der Waals surface area contributed by atoms with Crippen molar-refractivity contribution in [3.8, 4) is 11.3 Å². The van der Waals surface area contributed by atoms with Gasteiger partial charge in [0.2, 0.25) is 0 Å². The summed E-state index contributed by atoms with van der Waals surface area (Å²) >= 11 is 0. The van der Waals surface area contributed by atoms with E-state index in [0.29, 0.717) is 0 Å². The van der Waals surface area contributed by atoms with Crippen LogP contribution < -0.4 is 0 Å². The standard InChI is InChI=1S/C12H10N/c1-10-6-5-9-13-12(10)11-7-3-2-4-8-11/h2-7,9H,1H3. The van der Waals surface area contributed by atoms with E-state index in [0.717, 1.165) is 11.3 Å². The van der Waals surface area contributed by atoms with Crippen LogP contribution in [-0.4, -0.2) is 4.98 Å². The molecule has 0 aliphatic rings. The number of aromatic nitrogens is 1. The van der Waals surface area contributed by atoms with E-state index in [2.05, 4.69) is 24.0 Å². The first-order chi connectivity index (χ1) is 6.38. The SMILES string of the molecule is Cc1cccnc1-c1[c]cccc1. The highest BCUT2D eigenvalue weighted by Gasteiger charge is 2.00. The molecule has 0 aliphatic carbocycles. The molecule has 1 heteroatoms. The van der Waals surface area contributed by atoms with Crippen LogP contribution >= 0.6 is 0 Å². The number of pyridine rings is 1. The summed E-state index contributed by atoms with van der Waals surface area (Å²) in [5, 5.41) is 0. The van der Waals surface area contributed by atoms with Gasteiger partial charge in [0.15, 0.2) is 0 Å². The maximum Gasteiger partial charge on any atom is 0.0737 e. The molecule has 0 saturated heterocycles. The van der Waals surface area contributed by atoms with Gasteiger partial charge in [0.05, 0.1) is 5.69 Å². The predicted octanol–water partition coefficient (Wildman–Crippen LogP) is 2.86. The van der Waals surface area contributed by atoms with E-state index < -0.39 is 0 Å². The van der Waals surface area contributed by atoms with Crippen molar-refractivity contribution in [2.75, 3.05) is 0 Å². The molecule has 0 amide bonds. The van der Waals surface area contributed by atoms with Crippen LogP contribution in [0.1, 0.15) is 5.56 Å². The predicted molar refractivity (Wildman–Crippen MR) is 53.2 cm³/mol. The van der Waals surface area contributed by atoms with Crippen LogP contribution in [0.3, 0.4) is 0 Å². The molecular weight excluding hydrogens is 158 g/mol. The Morgan fingerprint density at radius 1 is 1.15 bits per heavy atom. The summed E-state index contributed by atoms with van der Waals surface area (Å²) in [4.78, 5) is 4.32. The van der Waals surface area contributed by atoms with Crippen molar-refractivity contribution in [2.24, 2.45) is 0 Å². The van der Waals surface area contributed by atoms with Crippen molar-refractivity contribution >= 4 is 0 Å². The highest BCUT2D eigenvalue weighted by Crippen LogP contribution is 2.18. The van der Waals surface area contributed by atoms with Gasteiger partial charge in [-0.05, 0) is 24.6 Å². The Morgan fingerprint density at radius 3 is 2.77 bits per heavy atom. The zero-order valence-electron chi connectivity index (χ0n) is 7.49. The van der Waals surface area contributed by atoms with Gasteiger partial charge >= 0.3 is 0 Å². The molecule has 0 spiro atoms. The monoisotopic (exact) mass is 168 g/mol. The lowest BCUT2D eigenvalue weighted by Crippen LogP contribution is -1.86. The summed E-state index contributed by atoms with van der Waals surface area (Å²) in [5.41, 5.74) is 3.26. The lowest BCUT2D eigenvalue weighted by Gasteiger charge is -2.02. The summed E-state index contributed by atoms with van der Waals surface area (Å²) < 4.78 is 0. The quantitative estimate of drug-likeness (QED) is 0.638. The molecule has 0 N–H and O–H groups in total. The second-order valence-corrected chi connectivity index (χ2v) is 2.95. The second kappa shape index (κ2) is 3.40. The van der Waals surface area contributed by atoms with E-state index in [1.165, 1.54) is 5.56 Å². The van der Waals surface area contributed by atoms with Crippen molar-refractivity contribution in [2.45, 2.75) is 6.92 Å². The minimum Gasteiger partial charge on any atom is -0.256 e. The van der Waals surface area contributed by atoms with Gasteiger partial charge in [0, 0.05) is 11.8 Å². The van der Waals surface area contributed by atoms with Crippen LogP contribution in [0.25, 0.3) is 11.3 Å². The van der Waals surface area contributed by atoms with E-state index in [1.807, 2.05) is 36.5 Å². The number of hydrogen-bond donors (Lipinski definition) is 0. The average molecular weight is 168 g/mol. The van der Waals surface area contributed by atoms with Crippen molar-refractivity contribution < 1.29 is 0 Å². The minimum atomic E-state index is 1.02. The Kier molecular flexibility index (Phi) is 2.09. The zero-order valence-corrected chi connectivity index (χ0v) is 7.49. The lowest BCUT2D eigenvalue weighted by molar-refractivity contribution is 1.27. The average Bonchev–Trinajstić information content (AvgIpc) is 2.20. The highest BCUT2D eigenvalue weighted by atomic mass is 14.7. The van der Waals surface area contributed by atoms with E-state index in [4.69, 9.17) is 0 Å². The third-order valence-corrected chi connectivity index (χ3v) is 1.97. The fourth-order valence-electron chi connectivity index (χ4n) is 1.31. The Morgan fingerprint density at radius 2 is 2.08 bits per heavy atom. The van der Waals surface area contributed by atoms with Gasteiger partial charge in [0.1, 0.15) is 0 Å². The molecule has 0 atom stereocenters. The topological polar surface area (TPSA) is 12.9 Å². The molecule has 0 bridgehead atoms. The smallest absolute Gasteiger partial charge is 0.0737 e. The molecule has 0 fully saturated rings. The fourth-order valence-corrected chi connectivity index (χ4v) is 1.31. The summed E-state index contributed by atoms with van der Waals surface area (Å²) in [7, 11) is 0. The van der Waals surface area contributed by atoms with Crippen LogP contribution in [0.4, 0.5) is 0 Å². The molecule has 1 aromatic carbocycles. The summed E-state index contributed by atoms with van der Waals surface area (Å²) in [6.07, 6.45) is 1.81. The first kappa shape index (κ1) is 7.99. The van der Waals surface area contributed by atoms with Crippen LogP contribution in [0.5, 0.6) is 0 Å². The Labute approximate surface area is 78.1 Å². The largest absolute Gasteiger partial charge is 0.256 e. The first-order valence-electron chi connectivity index (χ1n) is 4.26. The van der Waals surface area contributed by atoms with Crippen LogP contribution in [0.2, 0.25) is 0 Å². The van der Waals surface area contributed by atoms with E-state index in [1.54, 1.807) is 0 Å². The van der Waals surface area contributed by atoms with Crippen molar-refractivity contribution in [1.29, 1.82) is 0 Å². The third kappa shape index (κ3) is 1.59. The van der Waals surface area contributed by atoms with Gasteiger partial charge in [-0.2, -0.15) is 0 Å². The molecule has 1 heterocycles. The molecular formula is C12H10N. The normalized spacial score (nSPS) is 9.92. The summed E-state index contributed by atoms with van der Waals surface area (Å²) in [5.74, 6) is 0. The third-order valence-electron chi connectivity index (χ3n) is 1.97. The van der Waals surface area contributed by atoms with E-state index >= 15 is 0 Å². The zero-order chi connectivity index (χ0) is 9.10. The first-order valence-corrected chi connectivity index (χ1v) is 4.26. The highest BCUT2D eigenvalue weighted by molar-refractivity contribution is 5.61. The summed E-state index contributed by atoms with van der Waals surface area (Å²) in [6, 6.07) is 15.1. The van der Waals surface area contributed by atoms with Crippen LogP contribution in [0, 0.1) is 13.0 Å². The molecule has 1 nitrogen and oxygen atoms in total. The molecule has 0 saturated carbocycles. The molecule has 1 aromatic heterocycles. The molecule has 0 aliphatic heterocycles. The number of benzene rings is 1. The molecule has 13 heavy (non-hydrogen) atoms. The molecule has 2 rings (SSSR count). The van der Waals surface area contributed by atoms with Gasteiger partial charge in [-0.25, -0.2) is 0 Å². The van der Waals surface area contributed by atoms with Crippen molar-refractivity contribution in [3.05, 3.63) is 54.2 Å². The Bertz CT molecular complexity index is 393. The van der Waals surface area contributed by atoms with E-state index in [9.17, 15) is 0 Å². The number of aryl methyl sites for hydroxylation is 1. The lowest BCUT2D eigenvalue weighted by atomic mass is 10.1. The van der Waals surface area contributed by atoms with Gasteiger partial charge < -0.3 is 0 Å². The van der Waals surface area contributed by atoms with Crippen molar-refractivity contribution in [3.63, 3.8) is 0 Å². The van der Waals surface area contributed by atoms with Gasteiger partial charge in [-0.1, -0.05) is 30.3 Å². The Balaban J connectivity index is 2.54. The number of rotatable bonds is 1. The second-order valence-electron chi connectivity index (χ2n) is 2.95. The maximum atomic E-state index is 4.32. The molecule has 63 valence electrons. The number of hydrogen-bond acceptors (Lipinski definition) is 1. The molecule has 2 aromatic rings. The Hall–Kier alpha value is -1.63. The van der Waals surface area contributed by atoms with Crippen LogP contribution in [0.15, 0.2) is 42.6 Å². The fraction of sp³-hybridized carbons (Fsp3) is 0.0833. The van der Waals surface area contributed by atoms with Crippen molar-refractivity contribution in [1.82, 2.24) is 4.98 Å². The van der Waals surface area contributed by atoms with Gasteiger partial charge in [0.25, 0.3) is 0 Å². The summed E-state index contributed by atoms with van der Waals surface area (Å²) in [6.45, 7) is 2.06.